The minimum Gasteiger partial charge on any atom is -0.0622 e. The number of hydrogen-bond acceptors (Lipinski definition) is 0. The Balaban J connectivity index is 0.000000640. The van der Waals surface area contributed by atoms with Crippen LogP contribution in [-0.2, 0) is 23.5 Å². The summed E-state index contributed by atoms with van der Waals surface area (Å²) in [6, 6.07) is 10.5. The van der Waals surface area contributed by atoms with Gasteiger partial charge in [-0.05, 0) is 12.0 Å². The van der Waals surface area contributed by atoms with Gasteiger partial charge < -0.3 is 0 Å². The molecule has 0 aliphatic rings. The molecule has 0 heterocycles. The van der Waals surface area contributed by atoms with Crippen LogP contribution in [0.1, 0.15) is 12.5 Å². The average Bonchev–Trinajstić information content (AvgIpc) is 1.90. The van der Waals surface area contributed by atoms with Gasteiger partial charge in [-0.15, -0.1) is 0 Å². The number of rotatable bonds is 1. The van der Waals surface area contributed by atoms with Crippen molar-refractivity contribution in [1.29, 1.82) is 0 Å². The summed E-state index contributed by atoms with van der Waals surface area (Å²) in [6.45, 7) is 2.16. The maximum Gasteiger partial charge on any atom is 0 e. The van der Waals surface area contributed by atoms with Crippen LogP contribution >= 0.6 is 0 Å². The summed E-state index contributed by atoms with van der Waals surface area (Å²) >= 11 is 0. The zero-order valence-electron chi connectivity index (χ0n) is 5.40. The summed E-state index contributed by atoms with van der Waals surface area (Å²) in [6.07, 6.45) is 1.14. The first-order chi connectivity index (χ1) is 3.93. The van der Waals surface area contributed by atoms with E-state index in [-0.39, 0.29) is 17.1 Å². The van der Waals surface area contributed by atoms with Crippen LogP contribution in [0, 0.1) is 0 Å². The van der Waals surface area contributed by atoms with E-state index in [1.165, 1.54) is 5.56 Å². The van der Waals surface area contributed by atoms with Crippen molar-refractivity contribution < 1.29 is 17.1 Å². The molecule has 0 unspecified atom stereocenters. The zero-order chi connectivity index (χ0) is 5.82. The molecular formula is C8H10Cu. The maximum absolute atomic E-state index is 2.16. The molecule has 1 aromatic carbocycles. The minimum atomic E-state index is 0. The topological polar surface area (TPSA) is 0 Å². The SMILES string of the molecule is CCc1ccccc1.[Cu]. The molecule has 0 N–H and O–H groups in total. The van der Waals surface area contributed by atoms with E-state index in [4.69, 9.17) is 0 Å². The molecule has 0 amide bonds. The maximum atomic E-state index is 2.16. The second-order valence-corrected chi connectivity index (χ2v) is 1.84. The third kappa shape index (κ3) is 2.69. The average molecular weight is 170 g/mol. The molecule has 0 atom stereocenters. The molecule has 0 aliphatic carbocycles. The van der Waals surface area contributed by atoms with Crippen molar-refractivity contribution >= 4 is 0 Å². The van der Waals surface area contributed by atoms with Crippen molar-refractivity contribution in [1.82, 2.24) is 0 Å². The molecule has 9 heavy (non-hydrogen) atoms. The fraction of sp³-hybridized carbons (Fsp3) is 0.250. The van der Waals surface area contributed by atoms with Gasteiger partial charge in [0.1, 0.15) is 0 Å². The summed E-state index contributed by atoms with van der Waals surface area (Å²) in [5, 5.41) is 0. The van der Waals surface area contributed by atoms with E-state index < -0.39 is 0 Å². The molecular weight excluding hydrogens is 160 g/mol. The molecule has 1 aromatic rings. The predicted molar refractivity (Wildman–Crippen MR) is 35.8 cm³/mol. The molecule has 1 radical (unpaired) electrons. The first-order valence-electron chi connectivity index (χ1n) is 2.97. The molecule has 0 nitrogen and oxygen atoms in total. The Kier molecular flexibility index (Phi) is 4.47. The monoisotopic (exact) mass is 169 g/mol. The van der Waals surface area contributed by atoms with Gasteiger partial charge in [0.05, 0.1) is 0 Å². The van der Waals surface area contributed by atoms with Gasteiger partial charge in [0.2, 0.25) is 0 Å². The van der Waals surface area contributed by atoms with Gasteiger partial charge in [0.15, 0.2) is 0 Å². The largest absolute Gasteiger partial charge is 0.0622 e. The van der Waals surface area contributed by atoms with Crippen LogP contribution in [0.2, 0.25) is 0 Å². The normalized spacial score (nSPS) is 8.11. The molecule has 1 heteroatoms. The van der Waals surface area contributed by atoms with Crippen LogP contribution in [-0.4, -0.2) is 0 Å². The van der Waals surface area contributed by atoms with Gasteiger partial charge in [-0.2, -0.15) is 0 Å². The van der Waals surface area contributed by atoms with Crippen LogP contribution in [0.15, 0.2) is 30.3 Å². The van der Waals surface area contributed by atoms with Crippen molar-refractivity contribution in [3.63, 3.8) is 0 Å². The molecule has 0 saturated carbocycles. The predicted octanol–water partition coefficient (Wildman–Crippen LogP) is 2.25. The Morgan fingerprint density at radius 3 is 2.00 bits per heavy atom. The smallest absolute Gasteiger partial charge is 0 e. The van der Waals surface area contributed by atoms with Crippen molar-refractivity contribution in [2.45, 2.75) is 13.3 Å². The fourth-order valence-electron chi connectivity index (χ4n) is 0.714. The third-order valence-corrected chi connectivity index (χ3v) is 1.25. The second kappa shape index (κ2) is 4.60. The first-order valence-corrected chi connectivity index (χ1v) is 2.97. The summed E-state index contributed by atoms with van der Waals surface area (Å²) in [5.74, 6) is 0. The van der Waals surface area contributed by atoms with Gasteiger partial charge in [0, 0.05) is 17.1 Å². The van der Waals surface area contributed by atoms with Crippen LogP contribution in [0.4, 0.5) is 0 Å². The molecule has 0 aliphatic heterocycles. The Morgan fingerprint density at radius 1 is 1.11 bits per heavy atom. The quantitative estimate of drug-likeness (QED) is 0.566. The molecule has 0 spiro atoms. The third-order valence-electron chi connectivity index (χ3n) is 1.25. The Bertz CT molecular complexity index is 146. The summed E-state index contributed by atoms with van der Waals surface area (Å²) in [5.41, 5.74) is 1.41. The number of aryl methyl sites for hydroxylation is 1. The van der Waals surface area contributed by atoms with Crippen molar-refractivity contribution in [2.24, 2.45) is 0 Å². The van der Waals surface area contributed by atoms with Crippen molar-refractivity contribution in [2.75, 3.05) is 0 Å². The fourth-order valence-corrected chi connectivity index (χ4v) is 0.714. The van der Waals surface area contributed by atoms with Gasteiger partial charge in [-0.3, -0.25) is 0 Å². The van der Waals surface area contributed by atoms with Crippen molar-refractivity contribution in [3.8, 4) is 0 Å². The van der Waals surface area contributed by atoms with Crippen LogP contribution in [0.3, 0.4) is 0 Å². The summed E-state index contributed by atoms with van der Waals surface area (Å²) in [7, 11) is 0. The van der Waals surface area contributed by atoms with Gasteiger partial charge in [-0.1, -0.05) is 37.3 Å². The molecule has 0 fully saturated rings. The number of hydrogen-bond donors (Lipinski definition) is 0. The Hall–Kier alpha value is -0.261. The Labute approximate surface area is 66.8 Å². The minimum absolute atomic E-state index is 0. The van der Waals surface area contributed by atoms with E-state index in [1.54, 1.807) is 0 Å². The number of benzene rings is 1. The molecule has 0 aromatic heterocycles. The van der Waals surface area contributed by atoms with Gasteiger partial charge in [0.25, 0.3) is 0 Å². The van der Waals surface area contributed by atoms with E-state index in [0.717, 1.165) is 6.42 Å². The first kappa shape index (κ1) is 8.74. The van der Waals surface area contributed by atoms with E-state index in [9.17, 15) is 0 Å². The summed E-state index contributed by atoms with van der Waals surface area (Å²) in [4.78, 5) is 0. The molecule has 0 bridgehead atoms. The molecule has 0 saturated heterocycles. The van der Waals surface area contributed by atoms with Crippen LogP contribution < -0.4 is 0 Å². The van der Waals surface area contributed by atoms with E-state index in [1.807, 2.05) is 6.07 Å². The van der Waals surface area contributed by atoms with Crippen LogP contribution in [0.5, 0.6) is 0 Å². The van der Waals surface area contributed by atoms with Crippen LogP contribution in [0.25, 0.3) is 0 Å². The van der Waals surface area contributed by atoms with Gasteiger partial charge >= 0.3 is 0 Å². The Morgan fingerprint density at radius 2 is 1.67 bits per heavy atom. The van der Waals surface area contributed by atoms with Gasteiger partial charge in [-0.25, -0.2) is 0 Å². The molecule has 53 valence electrons. The molecule has 1 rings (SSSR count). The van der Waals surface area contributed by atoms with E-state index in [0.29, 0.717) is 0 Å². The van der Waals surface area contributed by atoms with E-state index in [2.05, 4.69) is 31.2 Å². The summed E-state index contributed by atoms with van der Waals surface area (Å²) < 4.78 is 0. The second-order valence-electron chi connectivity index (χ2n) is 1.84. The van der Waals surface area contributed by atoms with Crippen molar-refractivity contribution in [3.05, 3.63) is 35.9 Å². The van der Waals surface area contributed by atoms with E-state index >= 15 is 0 Å². The standard InChI is InChI=1S/C8H10.Cu/c1-2-8-6-4-3-5-7-8;/h3-7H,2H2,1H3;. The zero-order valence-corrected chi connectivity index (χ0v) is 6.34.